The van der Waals surface area contributed by atoms with Gasteiger partial charge >= 0.3 is 0 Å². The molecular formula is C9H9BrO. The summed E-state index contributed by atoms with van der Waals surface area (Å²) in [6.45, 7) is 0. The highest BCUT2D eigenvalue weighted by molar-refractivity contribution is 9.09. The monoisotopic (exact) mass is 212 g/mol. The summed E-state index contributed by atoms with van der Waals surface area (Å²) in [7, 11) is 0. The lowest BCUT2D eigenvalue weighted by Crippen LogP contribution is -1.85. The van der Waals surface area contributed by atoms with Crippen LogP contribution in [-0.4, -0.2) is 10.1 Å². The minimum absolute atomic E-state index is 0.553. The number of aliphatic hydroxyl groups excluding tert-OH is 1. The van der Waals surface area contributed by atoms with E-state index in [1.807, 2.05) is 36.4 Å². The molecule has 0 saturated heterocycles. The molecule has 0 aliphatic heterocycles. The van der Waals surface area contributed by atoms with Gasteiger partial charge in [-0.25, -0.2) is 0 Å². The largest absolute Gasteiger partial charge is 0.378 e. The molecule has 2 heteroatoms. The first-order valence-electron chi connectivity index (χ1n) is 3.34. The second-order valence-corrected chi connectivity index (χ2v) is 3.08. The smallest absolute Gasteiger partial charge is 0.127 e. The Bertz CT molecular complexity index is 229. The van der Waals surface area contributed by atoms with Crippen LogP contribution in [0.25, 0.3) is 6.08 Å². The number of hydrogen-bond donors (Lipinski definition) is 1. The molecule has 1 aromatic carbocycles. The Hall–Kier alpha value is -0.600. The third-order valence-corrected chi connectivity index (χ3v) is 1.55. The number of alkyl halides is 1. The maximum absolute atomic E-state index is 8.84. The van der Waals surface area contributed by atoms with Gasteiger partial charge in [-0.05, 0) is 11.6 Å². The Balaban J connectivity index is 2.65. The van der Waals surface area contributed by atoms with E-state index in [2.05, 4.69) is 15.9 Å². The van der Waals surface area contributed by atoms with Crippen molar-refractivity contribution in [3.8, 4) is 0 Å². The van der Waals surface area contributed by atoms with Crippen molar-refractivity contribution in [2.24, 2.45) is 0 Å². The maximum Gasteiger partial charge on any atom is 0.127 e. The predicted molar refractivity (Wildman–Crippen MR) is 50.4 cm³/mol. The van der Waals surface area contributed by atoms with Crippen molar-refractivity contribution in [1.29, 1.82) is 0 Å². The van der Waals surface area contributed by atoms with Crippen LogP contribution in [0.1, 0.15) is 5.56 Å². The van der Waals surface area contributed by atoms with Crippen LogP contribution in [0.2, 0.25) is 0 Å². The molecule has 1 unspecified atom stereocenters. The lowest BCUT2D eigenvalue weighted by molar-refractivity contribution is 0.317. The Morgan fingerprint density at radius 3 is 2.45 bits per heavy atom. The van der Waals surface area contributed by atoms with Gasteiger partial charge in [0.25, 0.3) is 0 Å². The molecule has 0 fully saturated rings. The molecule has 0 aromatic heterocycles. The van der Waals surface area contributed by atoms with E-state index in [1.165, 1.54) is 0 Å². The summed E-state index contributed by atoms with van der Waals surface area (Å²) in [5.41, 5.74) is 1.09. The van der Waals surface area contributed by atoms with Gasteiger partial charge < -0.3 is 5.11 Å². The molecule has 0 amide bonds. The summed E-state index contributed by atoms with van der Waals surface area (Å²) in [5.74, 6) is 0. The number of rotatable bonds is 2. The molecule has 1 N–H and O–H groups in total. The van der Waals surface area contributed by atoms with Crippen molar-refractivity contribution in [2.45, 2.75) is 5.01 Å². The maximum atomic E-state index is 8.84. The topological polar surface area (TPSA) is 20.2 Å². The normalized spacial score (nSPS) is 13.6. The Morgan fingerprint density at radius 2 is 1.91 bits per heavy atom. The van der Waals surface area contributed by atoms with Crippen LogP contribution in [0.4, 0.5) is 0 Å². The van der Waals surface area contributed by atoms with Crippen LogP contribution in [0.5, 0.6) is 0 Å². The minimum Gasteiger partial charge on any atom is -0.378 e. The quantitative estimate of drug-likeness (QED) is 0.748. The van der Waals surface area contributed by atoms with Crippen molar-refractivity contribution in [2.75, 3.05) is 0 Å². The van der Waals surface area contributed by atoms with Gasteiger partial charge in [-0.1, -0.05) is 52.3 Å². The van der Waals surface area contributed by atoms with E-state index < -0.39 is 5.01 Å². The van der Waals surface area contributed by atoms with E-state index in [4.69, 9.17) is 5.11 Å². The van der Waals surface area contributed by atoms with Crippen molar-refractivity contribution >= 4 is 22.0 Å². The van der Waals surface area contributed by atoms with E-state index in [1.54, 1.807) is 6.08 Å². The fourth-order valence-corrected chi connectivity index (χ4v) is 0.907. The molecule has 0 aliphatic rings. The van der Waals surface area contributed by atoms with E-state index in [9.17, 15) is 0 Å². The Labute approximate surface area is 74.5 Å². The highest BCUT2D eigenvalue weighted by Gasteiger charge is 1.87. The highest BCUT2D eigenvalue weighted by Crippen LogP contribution is 2.04. The van der Waals surface area contributed by atoms with Crippen LogP contribution in [-0.2, 0) is 0 Å². The zero-order valence-electron chi connectivity index (χ0n) is 5.94. The zero-order valence-corrected chi connectivity index (χ0v) is 7.53. The summed E-state index contributed by atoms with van der Waals surface area (Å²) in [6.07, 6.45) is 3.54. The number of hydrogen-bond acceptors (Lipinski definition) is 1. The van der Waals surface area contributed by atoms with E-state index in [0.29, 0.717) is 0 Å². The van der Waals surface area contributed by atoms with Crippen LogP contribution >= 0.6 is 15.9 Å². The summed E-state index contributed by atoms with van der Waals surface area (Å²) < 4.78 is 0. The van der Waals surface area contributed by atoms with Crippen LogP contribution in [0, 0.1) is 0 Å². The van der Waals surface area contributed by atoms with Crippen molar-refractivity contribution in [1.82, 2.24) is 0 Å². The average molecular weight is 213 g/mol. The first-order chi connectivity index (χ1) is 5.29. The number of halogens is 1. The van der Waals surface area contributed by atoms with Gasteiger partial charge in [-0.2, -0.15) is 0 Å². The zero-order chi connectivity index (χ0) is 8.10. The second-order valence-electron chi connectivity index (χ2n) is 2.14. The summed E-state index contributed by atoms with van der Waals surface area (Å²) >= 11 is 3.00. The molecule has 1 rings (SSSR count). The lowest BCUT2D eigenvalue weighted by Gasteiger charge is -1.92. The first kappa shape index (κ1) is 8.50. The SMILES string of the molecule is OC(Br)/C=C/c1ccccc1. The fourth-order valence-electron chi connectivity index (χ4n) is 0.755. The molecule has 1 aromatic rings. The predicted octanol–water partition coefficient (Wildman–Crippen LogP) is 2.41. The molecule has 1 atom stereocenters. The van der Waals surface area contributed by atoms with Gasteiger partial charge in [0, 0.05) is 0 Å². The lowest BCUT2D eigenvalue weighted by atomic mass is 10.2. The van der Waals surface area contributed by atoms with E-state index in [-0.39, 0.29) is 0 Å². The van der Waals surface area contributed by atoms with Crippen molar-refractivity contribution in [3.63, 3.8) is 0 Å². The molecule has 0 radical (unpaired) electrons. The second kappa shape index (κ2) is 4.31. The average Bonchev–Trinajstić information content (AvgIpc) is 2.03. The van der Waals surface area contributed by atoms with Crippen molar-refractivity contribution in [3.05, 3.63) is 42.0 Å². The molecule has 0 saturated carbocycles. The van der Waals surface area contributed by atoms with Crippen LogP contribution in [0.3, 0.4) is 0 Å². The molecule has 1 nitrogen and oxygen atoms in total. The van der Waals surface area contributed by atoms with Crippen LogP contribution < -0.4 is 0 Å². The molecule has 11 heavy (non-hydrogen) atoms. The third-order valence-electron chi connectivity index (χ3n) is 1.25. The summed E-state index contributed by atoms with van der Waals surface area (Å²) in [6, 6.07) is 9.83. The van der Waals surface area contributed by atoms with Crippen LogP contribution in [0.15, 0.2) is 36.4 Å². The molecule has 0 aliphatic carbocycles. The first-order valence-corrected chi connectivity index (χ1v) is 4.26. The number of aliphatic hydroxyl groups is 1. The Morgan fingerprint density at radius 1 is 1.27 bits per heavy atom. The van der Waals surface area contributed by atoms with Gasteiger partial charge in [-0.3, -0.25) is 0 Å². The summed E-state index contributed by atoms with van der Waals surface area (Å²) in [4.78, 5) is 0. The highest BCUT2D eigenvalue weighted by atomic mass is 79.9. The van der Waals surface area contributed by atoms with Gasteiger partial charge in [0.2, 0.25) is 0 Å². The van der Waals surface area contributed by atoms with E-state index >= 15 is 0 Å². The third kappa shape index (κ3) is 3.35. The molecule has 0 spiro atoms. The van der Waals surface area contributed by atoms with Gasteiger partial charge in [0.15, 0.2) is 0 Å². The minimum atomic E-state index is -0.553. The molecular weight excluding hydrogens is 204 g/mol. The molecule has 58 valence electrons. The van der Waals surface area contributed by atoms with Gasteiger partial charge in [0.05, 0.1) is 0 Å². The standard InChI is InChI=1S/C9H9BrO/c10-9(11)7-6-8-4-2-1-3-5-8/h1-7,9,11H/b7-6+. The molecule has 0 heterocycles. The van der Waals surface area contributed by atoms with Gasteiger partial charge in [-0.15, -0.1) is 0 Å². The summed E-state index contributed by atoms with van der Waals surface area (Å²) in [5, 5.41) is 8.29. The van der Waals surface area contributed by atoms with E-state index in [0.717, 1.165) is 5.56 Å². The number of benzene rings is 1. The Kier molecular flexibility index (Phi) is 3.33. The fraction of sp³-hybridized carbons (Fsp3) is 0.111. The molecule has 0 bridgehead atoms. The van der Waals surface area contributed by atoms with Crippen molar-refractivity contribution < 1.29 is 5.11 Å². The van der Waals surface area contributed by atoms with Gasteiger partial charge in [0.1, 0.15) is 5.01 Å².